The fraction of sp³-hybridized carbons (Fsp3) is 0.0952. The molecule has 0 fully saturated rings. The van der Waals surface area contributed by atoms with E-state index in [0.717, 1.165) is 0 Å². The number of hydrogen-bond donors (Lipinski definition) is 1. The maximum absolute atomic E-state index is 12.2. The van der Waals surface area contributed by atoms with Crippen LogP contribution >= 0.6 is 0 Å². The van der Waals surface area contributed by atoms with Gasteiger partial charge in [0, 0.05) is 6.07 Å². The van der Waals surface area contributed by atoms with E-state index in [9.17, 15) is 14.9 Å². The number of nitrogens with one attached hydrogen (secondary N) is 1. The summed E-state index contributed by atoms with van der Waals surface area (Å²) in [6, 6.07) is 22.3. The average molecular weight is 378 g/mol. The highest BCUT2D eigenvalue weighted by atomic mass is 16.6. The van der Waals surface area contributed by atoms with E-state index < -0.39 is 4.92 Å². The van der Waals surface area contributed by atoms with Crippen LogP contribution < -0.4 is 14.8 Å². The van der Waals surface area contributed by atoms with Crippen molar-refractivity contribution in [1.82, 2.24) is 0 Å². The molecule has 0 atom stereocenters. The zero-order chi connectivity index (χ0) is 19.8. The number of nitro groups is 1. The third-order valence-corrected chi connectivity index (χ3v) is 3.85. The summed E-state index contributed by atoms with van der Waals surface area (Å²) in [5.74, 6) is 0.665. The Morgan fingerprint density at radius 2 is 1.57 bits per heavy atom. The van der Waals surface area contributed by atoms with Crippen LogP contribution in [-0.2, 0) is 11.4 Å². The topological polar surface area (TPSA) is 90.7 Å². The minimum Gasteiger partial charge on any atom is -0.486 e. The van der Waals surface area contributed by atoms with Gasteiger partial charge in [0.2, 0.25) is 0 Å². The number of ether oxygens (including phenoxy) is 2. The van der Waals surface area contributed by atoms with Gasteiger partial charge in [-0.25, -0.2) is 0 Å². The molecule has 0 spiro atoms. The quantitative estimate of drug-likeness (QED) is 0.469. The minimum atomic E-state index is -0.451. The summed E-state index contributed by atoms with van der Waals surface area (Å²) >= 11 is 0. The number of nitrogens with zero attached hydrogens (tertiary/aromatic N) is 1. The van der Waals surface area contributed by atoms with Gasteiger partial charge in [0.15, 0.2) is 6.61 Å². The molecule has 0 heterocycles. The molecule has 7 nitrogen and oxygen atoms in total. The van der Waals surface area contributed by atoms with Gasteiger partial charge in [-0.3, -0.25) is 14.9 Å². The number of anilines is 1. The van der Waals surface area contributed by atoms with E-state index in [1.165, 1.54) is 6.07 Å². The maximum atomic E-state index is 12.2. The van der Waals surface area contributed by atoms with E-state index in [1.54, 1.807) is 54.6 Å². The van der Waals surface area contributed by atoms with E-state index in [4.69, 9.17) is 9.47 Å². The summed E-state index contributed by atoms with van der Waals surface area (Å²) in [7, 11) is 0. The van der Waals surface area contributed by atoms with E-state index in [1.807, 2.05) is 18.2 Å². The Bertz CT molecular complexity index is 960. The molecule has 7 heteroatoms. The smallest absolute Gasteiger partial charge is 0.276 e. The molecule has 28 heavy (non-hydrogen) atoms. The lowest BCUT2D eigenvalue weighted by atomic mass is 10.2. The lowest BCUT2D eigenvalue weighted by Gasteiger charge is -2.13. The van der Waals surface area contributed by atoms with Crippen molar-refractivity contribution >= 4 is 17.3 Å². The lowest BCUT2D eigenvalue weighted by Crippen LogP contribution is -2.20. The van der Waals surface area contributed by atoms with Gasteiger partial charge in [0.25, 0.3) is 11.6 Å². The standard InChI is InChI=1S/C21H18N2O5/c24-21(15-27-17-9-2-1-3-10-17)22-18-11-5-7-13-20(18)28-14-16-8-4-6-12-19(16)23(25)26/h1-13H,14-15H2,(H,22,24). The van der Waals surface area contributed by atoms with Crippen molar-refractivity contribution in [2.75, 3.05) is 11.9 Å². The van der Waals surface area contributed by atoms with Crippen molar-refractivity contribution in [3.05, 3.63) is 94.5 Å². The minimum absolute atomic E-state index is 0.00452. The van der Waals surface area contributed by atoms with Gasteiger partial charge >= 0.3 is 0 Å². The zero-order valence-corrected chi connectivity index (χ0v) is 14.9. The summed E-state index contributed by atoms with van der Waals surface area (Å²) in [5.41, 5.74) is 0.893. The third-order valence-electron chi connectivity index (χ3n) is 3.85. The summed E-state index contributed by atoms with van der Waals surface area (Å²) in [6.07, 6.45) is 0. The second-order valence-electron chi connectivity index (χ2n) is 5.82. The van der Waals surface area contributed by atoms with Crippen molar-refractivity contribution in [1.29, 1.82) is 0 Å². The highest BCUT2D eigenvalue weighted by Crippen LogP contribution is 2.26. The second-order valence-corrected chi connectivity index (χ2v) is 5.82. The predicted octanol–water partition coefficient (Wildman–Crippen LogP) is 4.19. The monoisotopic (exact) mass is 378 g/mol. The van der Waals surface area contributed by atoms with Crippen molar-refractivity contribution in [2.24, 2.45) is 0 Å². The Balaban J connectivity index is 1.63. The zero-order valence-electron chi connectivity index (χ0n) is 14.9. The molecule has 0 saturated heterocycles. The van der Waals surface area contributed by atoms with Crippen LogP contribution in [0, 0.1) is 10.1 Å². The molecule has 0 aliphatic heterocycles. The summed E-state index contributed by atoms with van der Waals surface area (Å²) in [5, 5.41) is 13.8. The molecule has 0 unspecified atom stereocenters. The fourth-order valence-electron chi connectivity index (χ4n) is 2.51. The van der Waals surface area contributed by atoms with Gasteiger partial charge in [-0.15, -0.1) is 0 Å². The Morgan fingerprint density at radius 3 is 2.36 bits per heavy atom. The first-order chi connectivity index (χ1) is 13.6. The molecular formula is C21H18N2O5. The Kier molecular flexibility index (Phi) is 6.20. The van der Waals surface area contributed by atoms with Crippen LogP contribution in [-0.4, -0.2) is 17.4 Å². The van der Waals surface area contributed by atoms with Gasteiger partial charge in [0.05, 0.1) is 16.2 Å². The highest BCUT2D eigenvalue weighted by Gasteiger charge is 2.14. The predicted molar refractivity (Wildman–Crippen MR) is 104 cm³/mol. The normalized spacial score (nSPS) is 10.1. The molecule has 0 bridgehead atoms. The molecule has 3 aromatic carbocycles. The Labute approximate surface area is 161 Å². The van der Waals surface area contributed by atoms with E-state index in [2.05, 4.69) is 5.32 Å². The lowest BCUT2D eigenvalue weighted by molar-refractivity contribution is -0.385. The number of hydrogen-bond acceptors (Lipinski definition) is 5. The number of benzene rings is 3. The third kappa shape index (κ3) is 5.07. The molecule has 1 N–H and O–H groups in total. The highest BCUT2D eigenvalue weighted by molar-refractivity contribution is 5.93. The second kappa shape index (κ2) is 9.18. The van der Waals surface area contributed by atoms with Gasteiger partial charge in [0.1, 0.15) is 18.1 Å². The van der Waals surface area contributed by atoms with E-state index in [0.29, 0.717) is 22.7 Å². The maximum Gasteiger partial charge on any atom is 0.276 e. The summed E-state index contributed by atoms with van der Waals surface area (Å²) in [6.45, 7) is -0.146. The van der Waals surface area contributed by atoms with Crippen molar-refractivity contribution in [3.8, 4) is 11.5 Å². The van der Waals surface area contributed by atoms with Gasteiger partial charge in [-0.05, 0) is 30.3 Å². The van der Waals surface area contributed by atoms with Gasteiger partial charge < -0.3 is 14.8 Å². The molecule has 0 radical (unpaired) electrons. The molecule has 0 aromatic heterocycles. The van der Waals surface area contributed by atoms with E-state index in [-0.39, 0.29) is 24.8 Å². The number of carbonyl (C=O) groups is 1. The molecule has 0 aliphatic rings. The Hall–Kier alpha value is -3.87. The first kappa shape index (κ1) is 18.9. The number of rotatable bonds is 8. The summed E-state index contributed by atoms with van der Waals surface area (Å²) < 4.78 is 11.1. The first-order valence-electron chi connectivity index (χ1n) is 8.55. The summed E-state index contributed by atoms with van der Waals surface area (Å²) in [4.78, 5) is 22.8. The van der Waals surface area contributed by atoms with Crippen LogP contribution in [0.4, 0.5) is 11.4 Å². The number of nitro benzene ring substituents is 1. The molecule has 0 saturated carbocycles. The largest absolute Gasteiger partial charge is 0.486 e. The molecule has 0 aliphatic carbocycles. The van der Waals surface area contributed by atoms with Crippen molar-refractivity contribution in [3.63, 3.8) is 0 Å². The van der Waals surface area contributed by atoms with Crippen molar-refractivity contribution < 1.29 is 19.2 Å². The SMILES string of the molecule is O=C(COc1ccccc1)Nc1ccccc1OCc1ccccc1[N+](=O)[O-]. The van der Waals surface area contributed by atoms with Crippen LogP contribution in [0.3, 0.4) is 0 Å². The molecule has 1 amide bonds. The van der Waals surface area contributed by atoms with Gasteiger partial charge in [-0.1, -0.05) is 42.5 Å². The average Bonchev–Trinajstić information content (AvgIpc) is 2.72. The number of carbonyl (C=O) groups excluding carboxylic acids is 1. The van der Waals surface area contributed by atoms with E-state index >= 15 is 0 Å². The Morgan fingerprint density at radius 1 is 0.893 bits per heavy atom. The first-order valence-corrected chi connectivity index (χ1v) is 8.55. The fourth-order valence-corrected chi connectivity index (χ4v) is 2.51. The number of amides is 1. The molecule has 142 valence electrons. The molecular weight excluding hydrogens is 360 g/mol. The van der Waals surface area contributed by atoms with Crippen LogP contribution in [0.5, 0.6) is 11.5 Å². The molecule has 3 aromatic rings. The van der Waals surface area contributed by atoms with Crippen LogP contribution in [0.25, 0.3) is 0 Å². The number of para-hydroxylation sites is 4. The van der Waals surface area contributed by atoms with Crippen LogP contribution in [0.1, 0.15) is 5.56 Å². The van der Waals surface area contributed by atoms with Crippen LogP contribution in [0.15, 0.2) is 78.9 Å². The molecule has 3 rings (SSSR count). The van der Waals surface area contributed by atoms with Crippen LogP contribution in [0.2, 0.25) is 0 Å². The van der Waals surface area contributed by atoms with Gasteiger partial charge in [-0.2, -0.15) is 0 Å². The van der Waals surface area contributed by atoms with Crippen molar-refractivity contribution in [2.45, 2.75) is 6.61 Å².